The standard InChI is InChI=1S/C54H36N4/c1-54(2)46-28-27-38(32-45(46)49-41-17-8-7-14-35(41)26-29-47(49)54)42-19-11-20-44-43-18-9-10-21-48(43)58(50(42)44)53-56-51(39-24-22-33-12-3-5-15-36(33)30-39)55-52(57-53)40-25-23-34-13-4-6-16-37(34)31-40/h3-32H,1-2H3. The van der Waals surface area contributed by atoms with E-state index in [4.69, 9.17) is 15.0 Å². The highest BCUT2D eigenvalue weighted by Crippen LogP contribution is 2.52. The molecule has 4 nitrogen and oxygen atoms in total. The third-order valence-corrected chi connectivity index (χ3v) is 12.4. The Hall–Kier alpha value is -7.43. The van der Waals surface area contributed by atoms with Crippen molar-refractivity contribution in [2.45, 2.75) is 19.3 Å². The molecule has 0 amide bonds. The number of hydrogen-bond donors (Lipinski definition) is 0. The summed E-state index contributed by atoms with van der Waals surface area (Å²) in [7, 11) is 0. The number of benzene rings is 9. The van der Waals surface area contributed by atoms with E-state index in [0.29, 0.717) is 17.6 Å². The largest absolute Gasteiger partial charge is 0.277 e. The monoisotopic (exact) mass is 740 g/mol. The number of para-hydroxylation sites is 2. The fourth-order valence-electron chi connectivity index (χ4n) is 9.53. The van der Waals surface area contributed by atoms with Crippen LogP contribution in [0.4, 0.5) is 0 Å². The van der Waals surface area contributed by atoms with E-state index in [0.717, 1.165) is 54.8 Å². The molecule has 0 saturated heterocycles. The maximum absolute atomic E-state index is 5.36. The third-order valence-electron chi connectivity index (χ3n) is 12.4. The number of fused-ring (bicyclic) bond motifs is 10. The molecule has 12 rings (SSSR count). The summed E-state index contributed by atoms with van der Waals surface area (Å²) in [6.45, 7) is 4.71. The normalized spacial score (nSPS) is 13.1. The highest BCUT2D eigenvalue weighted by atomic mass is 15.2. The van der Waals surface area contributed by atoms with Crippen LogP contribution in [-0.2, 0) is 5.41 Å². The van der Waals surface area contributed by atoms with Gasteiger partial charge in [-0.1, -0.05) is 172 Å². The number of aromatic nitrogens is 4. The van der Waals surface area contributed by atoms with Crippen LogP contribution in [0, 0.1) is 0 Å². The van der Waals surface area contributed by atoms with Gasteiger partial charge in [0.25, 0.3) is 0 Å². The lowest BCUT2D eigenvalue weighted by atomic mass is 9.82. The van der Waals surface area contributed by atoms with Gasteiger partial charge in [0, 0.05) is 32.9 Å². The lowest BCUT2D eigenvalue weighted by molar-refractivity contribution is 0.661. The van der Waals surface area contributed by atoms with Crippen LogP contribution in [0.5, 0.6) is 0 Å². The molecule has 0 unspecified atom stereocenters. The van der Waals surface area contributed by atoms with Crippen molar-refractivity contribution in [2.24, 2.45) is 0 Å². The Morgan fingerprint density at radius 1 is 0.397 bits per heavy atom. The predicted molar refractivity (Wildman–Crippen MR) is 241 cm³/mol. The fourth-order valence-corrected chi connectivity index (χ4v) is 9.53. The molecule has 4 heteroatoms. The van der Waals surface area contributed by atoms with Crippen molar-refractivity contribution in [2.75, 3.05) is 0 Å². The lowest BCUT2D eigenvalue weighted by Gasteiger charge is -2.21. The van der Waals surface area contributed by atoms with Crippen LogP contribution in [0.2, 0.25) is 0 Å². The van der Waals surface area contributed by atoms with Crippen molar-refractivity contribution in [1.29, 1.82) is 0 Å². The molecule has 9 aromatic carbocycles. The predicted octanol–water partition coefficient (Wildman–Crippen LogP) is 13.7. The van der Waals surface area contributed by atoms with Crippen LogP contribution in [0.25, 0.3) is 105 Å². The summed E-state index contributed by atoms with van der Waals surface area (Å²) in [5, 5.41) is 9.50. The van der Waals surface area contributed by atoms with E-state index in [1.807, 2.05) is 0 Å². The molecule has 11 aromatic rings. The average molecular weight is 741 g/mol. The van der Waals surface area contributed by atoms with E-state index >= 15 is 0 Å². The van der Waals surface area contributed by atoms with Gasteiger partial charge in [-0.3, -0.25) is 4.57 Å². The first kappa shape index (κ1) is 32.8. The van der Waals surface area contributed by atoms with Gasteiger partial charge in [0.05, 0.1) is 11.0 Å². The van der Waals surface area contributed by atoms with E-state index in [1.54, 1.807) is 0 Å². The van der Waals surface area contributed by atoms with Gasteiger partial charge in [-0.05, 0) is 84.4 Å². The lowest BCUT2D eigenvalue weighted by Crippen LogP contribution is -2.14. The van der Waals surface area contributed by atoms with E-state index in [1.165, 1.54) is 43.8 Å². The molecule has 0 N–H and O–H groups in total. The first-order valence-electron chi connectivity index (χ1n) is 19.9. The molecule has 2 heterocycles. The first-order valence-corrected chi connectivity index (χ1v) is 19.9. The number of hydrogen-bond acceptors (Lipinski definition) is 3. The molecule has 0 spiro atoms. The zero-order chi connectivity index (χ0) is 38.5. The van der Waals surface area contributed by atoms with Gasteiger partial charge in [-0.15, -0.1) is 0 Å². The van der Waals surface area contributed by atoms with E-state index in [9.17, 15) is 0 Å². The molecular weight excluding hydrogens is 705 g/mol. The SMILES string of the molecule is CC1(C)c2ccc(-c3cccc4c5ccccc5n(-c5nc(-c6ccc7ccccc7c6)nc(-c6ccc7ccccc7c6)n5)c34)cc2-c2c1ccc1ccccc21. The number of nitrogens with zero attached hydrogens (tertiary/aromatic N) is 4. The molecule has 0 fully saturated rings. The Kier molecular flexibility index (Phi) is 6.94. The van der Waals surface area contributed by atoms with Crippen LogP contribution in [0.1, 0.15) is 25.0 Å². The molecule has 0 atom stereocenters. The Morgan fingerprint density at radius 2 is 0.948 bits per heavy atom. The van der Waals surface area contributed by atoms with Gasteiger partial charge in [0.2, 0.25) is 5.95 Å². The summed E-state index contributed by atoms with van der Waals surface area (Å²) in [5.41, 5.74) is 11.5. The Morgan fingerprint density at radius 3 is 1.66 bits per heavy atom. The Balaban J connectivity index is 1.13. The summed E-state index contributed by atoms with van der Waals surface area (Å²) in [5.74, 6) is 1.84. The van der Waals surface area contributed by atoms with Crippen LogP contribution >= 0.6 is 0 Å². The highest BCUT2D eigenvalue weighted by Gasteiger charge is 2.36. The smallest absolute Gasteiger partial charge is 0.238 e. The van der Waals surface area contributed by atoms with Crippen molar-refractivity contribution in [3.63, 3.8) is 0 Å². The van der Waals surface area contributed by atoms with Gasteiger partial charge in [0.15, 0.2) is 11.6 Å². The first-order chi connectivity index (χ1) is 28.5. The molecule has 58 heavy (non-hydrogen) atoms. The molecule has 2 aromatic heterocycles. The third kappa shape index (κ3) is 4.85. The molecule has 0 bridgehead atoms. The molecular formula is C54H36N4. The minimum atomic E-state index is -0.114. The van der Waals surface area contributed by atoms with Crippen molar-refractivity contribution in [1.82, 2.24) is 19.5 Å². The summed E-state index contributed by atoms with van der Waals surface area (Å²) < 4.78 is 2.26. The van der Waals surface area contributed by atoms with Gasteiger partial charge in [-0.25, -0.2) is 4.98 Å². The van der Waals surface area contributed by atoms with Gasteiger partial charge >= 0.3 is 0 Å². The van der Waals surface area contributed by atoms with Crippen molar-refractivity contribution in [3.05, 3.63) is 193 Å². The van der Waals surface area contributed by atoms with E-state index in [-0.39, 0.29) is 5.41 Å². The Labute approximate surface area is 335 Å². The molecule has 0 radical (unpaired) electrons. The van der Waals surface area contributed by atoms with Gasteiger partial charge in [0.1, 0.15) is 0 Å². The zero-order valence-electron chi connectivity index (χ0n) is 32.1. The topological polar surface area (TPSA) is 43.6 Å². The summed E-state index contributed by atoms with van der Waals surface area (Å²) in [4.78, 5) is 15.9. The molecule has 1 aliphatic carbocycles. The maximum Gasteiger partial charge on any atom is 0.238 e. The van der Waals surface area contributed by atoms with Crippen molar-refractivity contribution < 1.29 is 0 Å². The minimum absolute atomic E-state index is 0.114. The number of rotatable bonds is 4. The molecule has 1 aliphatic rings. The second-order valence-electron chi connectivity index (χ2n) is 16.1. The van der Waals surface area contributed by atoms with Crippen LogP contribution in [0.3, 0.4) is 0 Å². The van der Waals surface area contributed by atoms with Crippen molar-refractivity contribution >= 4 is 54.1 Å². The van der Waals surface area contributed by atoms with Gasteiger partial charge < -0.3 is 0 Å². The van der Waals surface area contributed by atoms with Gasteiger partial charge in [-0.2, -0.15) is 9.97 Å². The maximum atomic E-state index is 5.36. The quantitative estimate of drug-likeness (QED) is 0.180. The van der Waals surface area contributed by atoms with E-state index in [2.05, 4.69) is 200 Å². The summed E-state index contributed by atoms with van der Waals surface area (Å²) >= 11 is 0. The molecule has 272 valence electrons. The zero-order valence-corrected chi connectivity index (χ0v) is 32.1. The van der Waals surface area contributed by atoms with Crippen molar-refractivity contribution in [3.8, 4) is 51.0 Å². The fraction of sp³-hybridized carbons (Fsp3) is 0.0556. The van der Waals surface area contributed by atoms with Crippen LogP contribution in [-0.4, -0.2) is 19.5 Å². The summed E-state index contributed by atoms with van der Waals surface area (Å²) in [6.07, 6.45) is 0. The van der Waals surface area contributed by atoms with E-state index < -0.39 is 0 Å². The second kappa shape index (κ2) is 12.3. The molecule has 0 saturated carbocycles. The molecule has 0 aliphatic heterocycles. The average Bonchev–Trinajstić information content (AvgIpc) is 3.74. The highest BCUT2D eigenvalue weighted by molar-refractivity contribution is 6.14. The summed E-state index contributed by atoms with van der Waals surface area (Å²) in [6, 6.07) is 65.5. The van der Waals surface area contributed by atoms with Crippen LogP contribution < -0.4 is 0 Å². The minimum Gasteiger partial charge on any atom is -0.277 e. The Bertz CT molecular complexity index is 3400. The van der Waals surface area contributed by atoms with Crippen LogP contribution in [0.15, 0.2) is 182 Å². The second-order valence-corrected chi connectivity index (χ2v) is 16.1.